The number of carbonyl (C=O) groups is 1. The van der Waals surface area contributed by atoms with Gasteiger partial charge in [-0.25, -0.2) is 0 Å². The Hall–Kier alpha value is -1.26. The molecular formula is C12H13Cl2N3O. The van der Waals surface area contributed by atoms with Gasteiger partial charge in [0, 0.05) is 18.1 Å². The number of hydrogen-bond donors (Lipinski definition) is 2. The first-order chi connectivity index (χ1) is 8.66. The lowest BCUT2D eigenvalue weighted by molar-refractivity contribution is -0.110. The molecule has 0 unspecified atom stereocenters. The van der Waals surface area contributed by atoms with Gasteiger partial charge in [-0.15, -0.1) is 0 Å². The fraction of sp³-hybridized carbons (Fsp3) is 0.333. The van der Waals surface area contributed by atoms with Crippen molar-refractivity contribution in [2.75, 3.05) is 18.4 Å². The molecule has 6 heteroatoms. The van der Waals surface area contributed by atoms with Crippen LogP contribution in [0.5, 0.6) is 0 Å². The highest BCUT2D eigenvalue weighted by atomic mass is 35.5. The molecule has 1 heterocycles. The van der Waals surface area contributed by atoms with Crippen molar-refractivity contribution in [1.29, 1.82) is 0 Å². The van der Waals surface area contributed by atoms with Crippen LogP contribution < -0.4 is 10.6 Å². The lowest BCUT2D eigenvalue weighted by Crippen LogP contribution is -2.35. The quantitative estimate of drug-likeness (QED) is 0.878. The van der Waals surface area contributed by atoms with Crippen LogP contribution in [0.25, 0.3) is 0 Å². The summed E-state index contributed by atoms with van der Waals surface area (Å²) in [5.41, 5.74) is 0.528. The van der Waals surface area contributed by atoms with E-state index in [9.17, 15) is 4.79 Å². The normalized spacial score (nSPS) is 15.3. The highest BCUT2D eigenvalue weighted by molar-refractivity contribution is 6.43. The zero-order valence-corrected chi connectivity index (χ0v) is 11.2. The van der Waals surface area contributed by atoms with Gasteiger partial charge in [-0.3, -0.25) is 9.79 Å². The van der Waals surface area contributed by atoms with Gasteiger partial charge in [0.1, 0.15) is 0 Å². The van der Waals surface area contributed by atoms with Crippen LogP contribution in [0.1, 0.15) is 12.8 Å². The summed E-state index contributed by atoms with van der Waals surface area (Å²) in [7, 11) is 0. The van der Waals surface area contributed by atoms with Crippen molar-refractivity contribution in [3.63, 3.8) is 0 Å². The van der Waals surface area contributed by atoms with Crippen LogP contribution in [-0.4, -0.2) is 24.8 Å². The molecule has 96 valence electrons. The summed E-state index contributed by atoms with van der Waals surface area (Å²) in [5.74, 6) is 0.0830. The second-order valence-corrected chi connectivity index (χ2v) is 4.79. The zero-order chi connectivity index (χ0) is 13.0. The Morgan fingerprint density at radius 3 is 2.94 bits per heavy atom. The molecule has 4 nitrogen and oxygen atoms in total. The number of amides is 1. The van der Waals surface area contributed by atoms with E-state index in [-0.39, 0.29) is 5.91 Å². The van der Waals surface area contributed by atoms with Gasteiger partial charge < -0.3 is 10.6 Å². The maximum absolute atomic E-state index is 12.0. The van der Waals surface area contributed by atoms with Gasteiger partial charge in [0.05, 0.1) is 10.7 Å². The molecular weight excluding hydrogens is 273 g/mol. The number of anilines is 1. The van der Waals surface area contributed by atoms with E-state index >= 15 is 0 Å². The molecule has 0 atom stereocenters. The first-order valence-electron chi connectivity index (χ1n) is 5.71. The Bertz CT molecular complexity index is 488. The molecule has 1 amide bonds. The third kappa shape index (κ3) is 3.37. The van der Waals surface area contributed by atoms with E-state index in [1.807, 2.05) is 0 Å². The summed E-state index contributed by atoms with van der Waals surface area (Å²) in [6, 6.07) is 4.92. The molecule has 2 rings (SSSR count). The van der Waals surface area contributed by atoms with Gasteiger partial charge in [0.15, 0.2) is 5.84 Å². The van der Waals surface area contributed by atoms with Crippen molar-refractivity contribution >= 4 is 40.6 Å². The lowest BCUT2D eigenvalue weighted by atomic mass is 10.3. The molecule has 0 radical (unpaired) electrons. The molecule has 1 aliphatic heterocycles. The number of amidine groups is 1. The highest BCUT2D eigenvalue weighted by Gasteiger charge is 2.14. The predicted octanol–water partition coefficient (Wildman–Crippen LogP) is 2.71. The Balaban J connectivity index is 2.08. The Kier molecular flexibility index (Phi) is 4.44. The minimum atomic E-state index is -0.277. The Labute approximate surface area is 115 Å². The maximum Gasteiger partial charge on any atom is 0.290 e. The van der Waals surface area contributed by atoms with Crippen LogP contribution in [0.2, 0.25) is 10.0 Å². The van der Waals surface area contributed by atoms with Gasteiger partial charge in [-0.1, -0.05) is 23.2 Å². The highest BCUT2D eigenvalue weighted by Crippen LogP contribution is 2.25. The number of nitrogens with one attached hydrogen (secondary N) is 2. The predicted molar refractivity (Wildman–Crippen MR) is 74.6 cm³/mol. The topological polar surface area (TPSA) is 53.5 Å². The average molecular weight is 286 g/mol. The van der Waals surface area contributed by atoms with Gasteiger partial charge in [0.25, 0.3) is 5.91 Å². The average Bonchev–Trinajstić information content (AvgIpc) is 2.61. The van der Waals surface area contributed by atoms with Crippen LogP contribution in [-0.2, 0) is 4.79 Å². The van der Waals surface area contributed by atoms with Crippen LogP contribution in [0.3, 0.4) is 0 Å². The molecule has 0 aromatic heterocycles. The molecule has 1 aromatic carbocycles. The second kappa shape index (κ2) is 6.07. The smallest absolute Gasteiger partial charge is 0.290 e. The SMILES string of the molecule is O=C(Nc1ccc(Cl)cc1Cl)C1=NCCCCN1. The van der Waals surface area contributed by atoms with E-state index in [1.54, 1.807) is 18.2 Å². The van der Waals surface area contributed by atoms with Crippen molar-refractivity contribution in [1.82, 2.24) is 5.32 Å². The fourth-order valence-electron chi connectivity index (χ4n) is 1.61. The number of hydrogen-bond acceptors (Lipinski definition) is 3. The number of halogens is 2. The Morgan fingerprint density at radius 1 is 1.33 bits per heavy atom. The van der Waals surface area contributed by atoms with Crippen LogP contribution in [0, 0.1) is 0 Å². The number of aliphatic imine (C=N–C) groups is 1. The zero-order valence-electron chi connectivity index (χ0n) is 9.67. The second-order valence-electron chi connectivity index (χ2n) is 3.94. The first-order valence-corrected chi connectivity index (χ1v) is 6.47. The molecule has 18 heavy (non-hydrogen) atoms. The van der Waals surface area contributed by atoms with Gasteiger partial charge >= 0.3 is 0 Å². The molecule has 0 fully saturated rings. The standard InChI is InChI=1S/C12H13Cl2N3O/c13-8-3-4-10(9(14)7-8)17-12(18)11-15-5-1-2-6-16-11/h3-4,7H,1-2,5-6H2,(H,15,16)(H,17,18). The van der Waals surface area contributed by atoms with Crippen molar-refractivity contribution in [3.05, 3.63) is 28.2 Å². The van der Waals surface area contributed by atoms with Crippen LogP contribution >= 0.6 is 23.2 Å². The fourth-order valence-corrected chi connectivity index (χ4v) is 2.07. The molecule has 2 N–H and O–H groups in total. The number of benzene rings is 1. The third-order valence-electron chi connectivity index (χ3n) is 2.54. The molecule has 0 bridgehead atoms. The molecule has 0 spiro atoms. The van der Waals surface area contributed by atoms with Crippen LogP contribution in [0.4, 0.5) is 5.69 Å². The van der Waals surface area contributed by atoms with E-state index in [0.29, 0.717) is 28.1 Å². The first kappa shape index (κ1) is 13.2. The van der Waals surface area contributed by atoms with Gasteiger partial charge in [-0.2, -0.15) is 0 Å². The largest absolute Gasteiger partial charge is 0.366 e. The Morgan fingerprint density at radius 2 is 2.17 bits per heavy atom. The summed E-state index contributed by atoms with van der Waals surface area (Å²) in [6.07, 6.45) is 2.01. The summed E-state index contributed by atoms with van der Waals surface area (Å²) >= 11 is 11.8. The lowest BCUT2D eigenvalue weighted by Gasteiger charge is -2.09. The van der Waals surface area contributed by atoms with E-state index < -0.39 is 0 Å². The van der Waals surface area contributed by atoms with E-state index in [2.05, 4.69) is 15.6 Å². The third-order valence-corrected chi connectivity index (χ3v) is 3.09. The van der Waals surface area contributed by atoms with Gasteiger partial charge in [0.2, 0.25) is 0 Å². The number of carbonyl (C=O) groups excluding carboxylic acids is 1. The maximum atomic E-state index is 12.0. The van der Waals surface area contributed by atoms with Crippen molar-refractivity contribution in [2.24, 2.45) is 4.99 Å². The molecule has 0 aliphatic carbocycles. The monoisotopic (exact) mass is 285 g/mol. The minimum absolute atomic E-state index is 0.277. The van der Waals surface area contributed by atoms with Gasteiger partial charge in [-0.05, 0) is 31.0 Å². The van der Waals surface area contributed by atoms with E-state index in [0.717, 1.165) is 19.4 Å². The minimum Gasteiger partial charge on any atom is -0.366 e. The molecule has 0 saturated heterocycles. The summed E-state index contributed by atoms with van der Waals surface area (Å²) in [6.45, 7) is 1.44. The van der Waals surface area contributed by atoms with Crippen molar-refractivity contribution in [3.8, 4) is 0 Å². The summed E-state index contributed by atoms with van der Waals surface area (Å²) in [4.78, 5) is 16.2. The number of nitrogens with zero attached hydrogens (tertiary/aromatic N) is 1. The van der Waals surface area contributed by atoms with Crippen LogP contribution in [0.15, 0.2) is 23.2 Å². The number of rotatable bonds is 2. The molecule has 1 aliphatic rings. The van der Waals surface area contributed by atoms with Crippen molar-refractivity contribution < 1.29 is 4.79 Å². The van der Waals surface area contributed by atoms with Crippen molar-refractivity contribution in [2.45, 2.75) is 12.8 Å². The summed E-state index contributed by atoms with van der Waals surface area (Å²) < 4.78 is 0. The van der Waals surface area contributed by atoms with E-state index in [4.69, 9.17) is 23.2 Å². The molecule has 0 saturated carbocycles. The molecule has 1 aromatic rings. The summed E-state index contributed by atoms with van der Waals surface area (Å²) in [5, 5.41) is 6.65. The van der Waals surface area contributed by atoms with E-state index in [1.165, 1.54) is 0 Å².